The van der Waals surface area contributed by atoms with Gasteiger partial charge in [0.25, 0.3) is 0 Å². The summed E-state index contributed by atoms with van der Waals surface area (Å²) in [6.45, 7) is 13.7. The molecule has 2 heterocycles. The summed E-state index contributed by atoms with van der Waals surface area (Å²) in [5.74, 6) is 0. The minimum atomic E-state index is -4.48. The lowest BCUT2D eigenvalue weighted by atomic mass is 10.0. The first-order valence-electron chi connectivity index (χ1n) is 13.2. The van der Waals surface area contributed by atoms with Gasteiger partial charge in [0, 0.05) is 29.9 Å². The Morgan fingerprint density at radius 3 is 2.31 bits per heavy atom. The van der Waals surface area contributed by atoms with Gasteiger partial charge in [-0.3, -0.25) is 4.68 Å². The summed E-state index contributed by atoms with van der Waals surface area (Å²) < 4.78 is 41.3. The van der Waals surface area contributed by atoms with Gasteiger partial charge < -0.3 is 5.32 Å². The maximum absolute atomic E-state index is 13.1. The number of alkyl halides is 3. The first kappa shape index (κ1) is 31.3. The number of fused-ring (bicyclic) bond motifs is 1. The van der Waals surface area contributed by atoms with E-state index in [2.05, 4.69) is 48.0 Å². The van der Waals surface area contributed by atoms with Crippen molar-refractivity contribution in [3.63, 3.8) is 0 Å². The monoisotopic (exact) mass is 536 g/mol. The molecule has 39 heavy (non-hydrogen) atoms. The third kappa shape index (κ3) is 9.13. The maximum atomic E-state index is 13.1. The first-order chi connectivity index (χ1) is 18.6. The molecule has 4 nitrogen and oxygen atoms in total. The van der Waals surface area contributed by atoms with E-state index >= 15 is 0 Å². The molecule has 0 bridgehead atoms. The highest BCUT2D eigenvalue weighted by atomic mass is 19.4. The smallest absolute Gasteiger partial charge is 0.366 e. The van der Waals surface area contributed by atoms with Crippen LogP contribution in [0.2, 0.25) is 0 Å². The fourth-order valence-electron chi connectivity index (χ4n) is 3.99. The minimum absolute atomic E-state index is 0.343. The van der Waals surface area contributed by atoms with E-state index in [1.54, 1.807) is 24.4 Å². The third-order valence-corrected chi connectivity index (χ3v) is 5.76. The van der Waals surface area contributed by atoms with Crippen molar-refractivity contribution in [3.05, 3.63) is 102 Å². The molecule has 0 amide bonds. The van der Waals surface area contributed by atoms with Crippen LogP contribution in [-0.2, 0) is 13.2 Å². The van der Waals surface area contributed by atoms with E-state index in [4.69, 9.17) is 0 Å². The quantitative estimate of drug-likeness (QED) is 0.256. The summed E-state index contributed by atoms with van der Waals surface area (Å²) in [5.41, 5.74) is 5.27. The number of nitrogens with one attached hydrogen (secondary N) is 1. The molecule has 4 rings (SSSR count). The van der Waals surface area contributed by atoms with Crippen LogP contribution < -0.4 is 5.32 Å². The standard InChI is InChI=1S/C19H21F3N2.C11H12N2.C2H6/c1-4-6-7-15(23-5-2)11-14-12-18(19(20,21)22)24-17-9-8-13(3)10-16(14)17;1-9-8-13(2)12-11(9)10-6-4-3-5-7-10;1-2/h5,8-12,23H,2,4,6-7H2,1,3H3;3-8H,1-2H3;1-2H3/b15-11+;;. The topological polar surface area (TPSA) is 42.7 Å². The van der Waals surface area contributed by atoms with Crippen molar-refractivity contribution in [1.29, 1.82) is 0 Å². The van der Waals surface area contributed by atoms with Crippen LogP contribution in [0.4, 0.5) is 13.2 Å². The zero-order valence-corrected chi connectivity index (χ0v) is 23.7. The third-order valence-electron chi connectivity index (χ3n) is 5.76. The van der Waals surface area contributed by atoms with E-state index in [0.29, 0.717) is 16.5 Å². The fraction of sp³-hybridized carbons (Fsp3) is 0.312. The zero-order valence-electron chi connectivity index (χ0n) is 23.7. The number of halogens is 3. The molecule has 0 atom stereocenters. The molecule has 0 unspecified atom stereocenters. The van der Waals surface area contributed by atoms with Crippen LogP contribution in [0.5, 0.6) is 0 Å². The number of benzene rings is 2. The van der Waals surface area contributed by atoms with Gasteiger partial charge in [-0.05, 0) is 68.3 Å². The second-order valence-electron chi connectivity index (χ2n) is 8.94. The van der Waals surface area contributed by atoms with E-state index in [1.165, 1.54) is 11.1 Å². The van der Waals surface area contributed by atoms with Crippen molar-refractivity contribution in [3.8, 4) is 11.3 Å². The van der Waals surface area contributed by atoms with Gasteiger partial charge in [-0.15, -0.1) is 0 Å². The molecule has 208 valence electrons. The summed E-state index contributed by atoms with van der Waals surface area (Å²) in [5, 5.41) is 8.13. The number of allylic oxidation sites excluding steroid dienone is 1. The van der Waals surface area contributed by atoms with Gasteiger partial charge in [0.2, 0.25) is 0 Å². The number of nitrogens with zero attached hydrogens (tertiary/aromatic N) is 3. The predicted molar refractivity (Wildman–Crippen MR) is 157 cm³/mol. The Balaban J connectivity index is 0.000000298. The Bertz CT molecular complexity index is 1370. The number of aromatic nitrogens is 3. The number of hydrogen-bond donors (Lipinski definition) is 1. The highest BCUT2D eigenvalue weighted by Gasteiger charge is 2.33. The average Bonchev–Trinajstić information content (AvgIpc) is 3.26. The number of pyridine rings is 1. The van der Waals surface area contributed by atoms with Gasteiger partial charge in [-0.25, -0.2) is 4.98 Å². The number of rotatable bonds is 7. The van der Waals surface area contributed by atoms with Crippen LogP contribution in [0, 0.1) is 13.8 Å². The summed E-state index contributed by atoms with van der Waals surface area (Å²) in [6.07, 6.45) is 3.55. The van der Waals surface area contributed by atoms with Gasteiger partial charge >= 0.3 is 6.18 Å². The van der Waals surface area contributed by atoms with E-state index in [9.17, 15) is 13.2 Å². The second kappa shape index (κ2) is 14.9. The fourth-order valence-corrected chi connectivity index (χ4v) is 3.99. The largest absolute Gasteiger partial charge is 0.433 e. The van der Waals surface area contributed by atoms with Crippen LogP contribution >= 0.6 is 0 Å². The molecular weight excluding hydrogens is 497 g/mol. The van der Waals surface area contributed by atoms with Crippen LogP contribution in [0.25, 0.3) is 28.2 Å². The molecule has 0 aliphatic carbocycles. The van der Waals surface area contributed by atoms with Crippen molar-refractivity contribution < 1.29 is 13.2 Å². The summed E-state index contributed by atoms with van der Waals surface area (Å²) in [6, 6.07) is 16.6. The highest BCUT2D eigenvalue weighted by Crippen LogP contribution is 2.32. The van der Waals surface area contributed by atoms with E-state index in [1.807, 2.05) is 63.0 Å². The van der Waals surface area contributed by atoms with Crippen molar-refractivity contribution in [1.82, 2.24) is 20.1 Å². The average molecular weight is 537 g/mol. The van der Waals surface area contributed by atoms with Crippen molar-refractivity contribution >= 4 is 17.0 Å². The summed E-state index contributed by atoms with van der Waals surface area (Å²) in [4.78, 5) is 3.77. The van der Waals surface area contributed by atoms with Gasteiger partial charge in [-0.2, -0.15) is 18.3 Å². The van der Waals surface area contributed by atoms with E-state index in [0.717, 1.165) is 42.3 Å². The molecule has 0 aliphatic heterocycles. The molecule has 0 radical (unpaired) electrons. The molecule has 1 N–H and O–H groups in total. The lowest BCUT2D eigenvalue weighted by molar-refractivity contribution is -0.140. The molecule has 0 saturated carbocycles. The van der Waals surface area contributed by atoms with Gasteiger partial charge in [-0.1, -0.05) is 75.7 Å². The van der Waals surface area contributed by atoms with E-state index < -0.39 is 11.9 Å². The Kier molecular flexibility index (Phi) is 12.0. The molecule has 0 fully saturated rings. The number of hydrogen-bond acceptors (Lipinski definition) is 3. The summed E-state index contributed by atoms with van der Waals surface area (Å²) >= 11 is 0. The van der Waals surface area contributed by atoms with Gasteiger partial charge in [0.05, 0.1) is 11.2 Å². The molecule has 7 heteroatoms. The zero-order chi connectivity index (χ0) is 29.0. The molecule has 4 aromatic rings. The Hall–Kier alpha value is -3.87. The maximum Gasteiger partial charge on any atom is 0.433 e. The van der Waals surface area contributed by atoms with Crippen molar-refractivity contribution in [2.24, 2.45) is 7.05 Å². The lowest BCUT2D eigenvalue weighted by Gasteiger charge is -2.12. The predicted octanol–water partition coefficient (Wildman–Crippen LogP) is 9.25. The molecule has 0 spiro atoms. The lowest BCUT2D eigenvalue weighted by Crippen LogP contribution is -2.09. The van der Waals surface area contributed by atoms with Gasteiger partial charge in [0.15, 0.2) is 0 Å². The molecular formula is C32H39F3N4. The molecule has 0 aliphatic rings. The Morgan fingerprint density at radius 1 is 1.05 bits per heavy atom. The first-order valence-corrected chi connectivity index (χ1v) is 13.2. The Morgan fingerprint density at radius 2 is 1.74 bits per heavy atom. The number of unbranched alkanes of at least 4 members (excludes halogenated alkanes) is 1. The second-order valence-corrected chi connectivity index (χ2v) is 8.94. The molecule has 0 saturated heterocycles. The minimum Gasteiger partial charge on any atom is -0.366 e. The van der Waals surface area contributed by atoms with Crippen molar-refractivity contribution in [2.45, 2.75) is 60.1 Å². The van der Waals surface area contributed by atoms with Crippen LogP contribution in [-0.4, -0.2) is 14.8 Å². The van der Waals surface area contributed by atoms with Crippen molar-refractivity contribution in [2.75, 3.05) is 0 Å². The summed E-state index contributed by atoms with van der Waals surface area (Å²) in [7, 11) is 1.94. The van der Waals surface area contributed by atoms with Crippen LogP contribution in [0.15, 0.2) is 79.3 Å². The molecule has 2 aromatic heterocycles. The van der Waals surface area contributed by atoms with Crippen LogP contribution in [0.3, 0.4) is 0 Å². The Labute approximate surface area is 230 Å². The van der Waals surface area contributed by atoms with Gasteiger partial charge in [0.1, 0.15) is 5.69 Å². The number of aryl methyl sites for hydroxylation is 3. The van der Waals surface area contributed by atoms with Crippen LogP contribution in [0.1, 0.15) is 62.4 Å². The highest BCUT2D eigenvalue weighted by molar-refractivity contribution is 5.89. The van der Waals surface area contributed by atoms with E-state index in [-0.39, 0.29) is 0 Å². The SMILES string of the molecule is C=CN/C(=C/c1cc(C(F)(F)F)nc2ccc(C)cc12)CCCC.CC.Cc1cn(C)nc1-c1ccccc1. The molecule has 2 aromatic carbocycles. The normalized spacial score (nSPS) is 11.3.